The molecule has 2 aromatic heterocycles. The summed E-state index contributed by atoms with van der Waals surface area (Å²) in [5.74, 6) is -15.1. The summed E-state index contributed by atoms with van der Waals surface area (Å²) in [5, 5.41) is 55.1. The second kappa shape index (κ2) is 50.3. The van der Waals surface area contributed by atoms with Gasteiger partial charge in [0.2, 0.25) is 70.9 Å². The SMILES string of the molecule is [CH2-]C(=O)NCCN(CCNC([CH2-])=O)CC(=O)N[C@@H](Cc1ccccc1)C(=O)N[C@@H](Cc1cnc[nH]1)C(=O)N[C@H]1CSSC[C@@H](C(=O)N[C@@H](Cc2cnc[nH]2)C(=O)N[C@H](C(=O)N[C@@H](CC(C)C)C(=O)NC)C(C)CC)NC(=O)[C@H](CC(C)C)NC(=O)[C@H](CC(=O)O)NC(=O)[C@H](Cc2ccc(O)cc2)NC(=O)C2CCCN2C1=O.[Gd].[Gd]. The molecule has 2 aliphatic heterocycles. The third-order valence-corrected chi connectivity index (χ3v) is 20.8. The van der Waals surface area contributed by atoms with Gasteiger partial charge in [-0.3, -0.25) is 67.2 Å². The average Bonchev–Trinajstić information content (AvgIpc) is 1.60. The summed E-state index contributed by atoms with van der Waals surface area (Å²) >= 11 is 0. The zero-order valence-electron chi connectivity index (χ0n) is 64.6. The molecule has 2 aromatic carbocycles. The van der Waals surface area contributed by atoms with Gasteiger partial charge in [0.05, 0.1) is 37.4 Å². The Labute approximate surface area is 734 Å². The quantitative estimate of drug-likeness (QED) is 0.0171. The predicted octanol–water partition coefficient (Wildman–Crippen LogP) is -2.10. The Morgan fingerprint density at radius 1 is 0.623 bits per heavy atom. The number of nitrogens with zero attached hydrogens (tertiary/aromatic N) is 4. The maximum absolute atomic E-state index is 15.6. The van der Waals surface area contributed by atoms with Gasteiger partial charge < -0.3 is 118 Å². The molecule has 0 radical (unpaired) electrons. The largest absolute Gasteiger partial charge is 0.508 e. The van der Waals surface area contributed by atoms with E-state index in [2.05, 4.69) is 103 Å². The second-order valence-electron chi connectivity index (χ2n) is 28.3. The third kappa shape index (κ3) is 33.5. The van der Waals surface area contributed by atoms with Crippen LogP contribution in [0.1, 0.15) is 103 Å². The van der Waals surface area contributed by atoms with Crippen molar-refractivity contribution in [2.75, 3.05) is 57.8 Å². The Balaban J connectivity index is 0.0000137. The third-order valence-electron chi connectivity index (χ3n) is 18.4. The van der Waals surface area contributed by atoms with E-state index in [1.807, 2.05) is 13.8 Å². The number of likely N-dealkylation sites (N-methyl/N-ethyl adjacent to an activating group) is 1. The topological polar surface area (TPSA) is 517 Å². The van der Waals surface area contributed by atoms with Crippen LogP contribution in [0.5, 0.6) is 5.75 Å². The molecule has 17 N–H and O–H groups in total. The van der Waals surface area contributed by atoms with Crippen LogP contribution < -0.4 is 69.1 Å². The summed E-state index contributed by atoms with van der Waals surface area (Å²) in [4.78, 5) is 229. The second-order valence-corrected chi connectivity index (χ2v) is 30.9. The molecule has 2 fully saturated rings. The molecule has 2 aliphatic rings. The van der Waals surface area contributed by atoms with Crippen molar-refractivity contribution in [2.24, 2.45) is 17.8 Å². The van der Waals surface area contributed by atoms with Gasteiger partial charge in [0, 0.05) is 181 Å². The number of phenolic OH excluding ortho intramolecular Hbond substituents is 1. The van der Waals surface area contributed by atoms with Gasteiger partial charge in [-0.15, -0.1) is 0 Å². The van der Waals surface area contributed by atoms with Crippen molar-refractivity contribution in [3.05, 3.63) is 116 Å². The number of amides is 14. The smallest absolute Gasteiger partial charge is 0.305 e. The van der Waals surface area contributed by atoms with Gasteiger partial charge >= 0.3 is 5.97 Å². The van der Waals surface area contributed by atoms with Crippen LogP contribution in [-0.2, 0) is 97.6 Å². The van der Waals surface area contributed by atoms with Gasteiger partial charge in [0.25, 0.3) is 0 Å². The Kier molecular flexibility index (Phi) is 43.3. The number of H-pyrrole nitrogens is 2. The summed E-state index contributed by atoms with van der Waals surface area (Å²) < 4.78 is 0. The molecule has 36 nitrogen and oxygen atoms in total. The minimum Gasteiger partial charge on any atom is -0.508 e. The van der Waals surface area contributed by atoms with Gasteiger partial charge in [-0.05, 0) is 66.7 Å². The van der Waals surface area contributed by atoms with E-state index < -0.39 is 179 Å². The molecule has 114 heavy (non-hydrogen) atoms. The Bertz CT molecular complexity index is 3830. The number of aromatic nitrogens is 4. The molecule has 0 bridgehead atoms. The molecule has 4 aromatic rings. The Morgan fingerprint density at radius 3 is 1.74 bits per heavy atom. The number of carbonyl (C=O) groups excluding carboxylic acids is 14. The van der Waals surface area contributed by atoms with E-state index in [1.165, 1.54) is 61.3 Å². The monoisotopic (exact) mass is 1910 g/mol. The fourth-order valence-electron chi connectivity index (χ4n) is 12.4. The van der Waals surface area contributed by atoms with Crippen molar-refractivity contribution in [3.63, 3.8) is 0 Å². The van der Waals surface area contributed by atoms with Crippen LogP contribution in [0.2, 0.25) is 0 Å². The van der Waals surface area contributed by atoms with Gasteiger partial charge in [-0.25, -0.2) is 9.97 Å². The summed E-state index contributed by atoms with van der Waals surface area (Å²) in [5.41, 5.74) is 1.63. The van der Waals surface area contributed by atoms with Crippen molar-refractivity contribution in [3.8, 4) is 5.75 Å². The van der Waals surface area contributed by atoms with Crippen molar-refractivity contribution in [2.45, 2.75) is 172 Å². The first-order valence-electron chi connectivity index (χ1n) is 37.0. The number of carbonyl (C=O) groups is 15. The molecule has 4 heterocycles. The van der Waals surface area contributed by atoms with Crippen LogP contribution >= 0.6 is 21.6 Å². The number of carboxylic acids is 1. The maximum Gasteiger partial charge on any atom is 0.305 e. The number of rotatable bonds is 36. The number of benzene rings is 2. The first-order valence-corrected chi connectivity index (χ1v) is 39.5. The number of carboxylic acid groups (broad SMARTS) is 1. The van der Waals surface area contributed by atoms with Crippen molar-refractivity contribution in [1.82, 2.24) is 98.9 Å². The van der Waals surface area contributed by atoms with Gasteiger partial charge in [0.1, 0.15) is 72.2 Å². The van der Waals surface area contributed by atoms with Crippen molar-refractivity contribution < 1.29 is 162 Å². The van der Waals surface area contributed by atoms with Gasteiger partial charge in [-0.2, -0.15) is 0 Å². The van der Waals surface area contributed by atoms with Crippen LogP contribution in [0.15, 0.2) is 79.6 Å². The number of aromatic amines is 2. The maximum atomic E-state index is 15.6. The number of phenols is 1. The standard InChI is InChI=1S/C74H105N19O17S2.2Gd/c1-10-43(6)63(73(109)88-51(27-41(2)3)64(100)75-9)91-70(106)56(32-49-35-77-40-81-49)85-71(107)58-37-111-112-38-59(90-68(104)55(31-48-34-76-39-80-48)84-66(102)53(29-46-15-12-11-13-16-46)82-61(97)36-92(25-22-78-44(7)94)26-23-79-45(8)95)74(110)93-24-14-17-60(93)72(108)87-54(30-47-18-20-50(96)21-19-47)67(103)86-57(33-62(98)99)69(105)83-52(28-42(4)5)65(101)89-58;;/h11-13,15-16,18-21,34-35,39-43,51-60,63,96H,7-8,10,14,17,22-33,36-38H2,1-6,9H3,(H,75,100)(H,76,80)(H,77,81)(H,78,94)(H,79,95)(H,82,97)(H,83,105)(H,84,102)(H,85,107)(H,86,103)(H,87,108)(H,88,109)(H,89,101)(H,90,104)(H,91,106)(H,98,99);;/q-2;;/t43?,51-,52-,53-,54-,55-,56-,57-,58-,59-,60?,63-;;/m0../s1. The molecule has 14 amide bonds. The molecular formula is C74H105Gd2N19O17S2-2. The van der Waals surface area contributed by atoms with Crippen LogP contribution in [0.3, 0.4) is 0 Å². The summed E-state index contributed by atoms with van der Waals surface area (Å²) in [6.07, 6.45) is 4.10. The molecule has 6 rings (SSSR count). The van der Waals surface area contributed by atoms with E-state index in [0.717, 1.165) is 21.6 Å². The van der Waals surface area contributed by atoms with Gasteiger partial charge in [-0.1, -0.05) is 112 Å². The van der Waals surface area contributed by atoms with Gasteiger partial charge in [0.15, 0.2) is 0 Å². The number of hydrogen-bond donors (Lipinski definition) is 17. The predicted molar refractivity (Wildman–Crippen MR) is 413 cm³/mol. The molecule has 0 spiro atoms. The zero-order chi connectivity index (χ0) is 82.1. The molecule has 12 atom stereocenters. The van der Waals surface area contributed by atoms with Crippen molar-refractivity contribution in [1.29, 1.82) is 0 Å². The first-order chi connectivity index (χ1) is 53.3. The number of imidazole rings is 2. The van der Waals surface area contributed by atoms with E-state index in [9.17, 15) is 67.7 Å². The summed E-state index contributed by atoms with van der Waals surface area (Å²) in [6, 6.07) is -2.32. The number of nitrogens with one attached hydrogen (secondary N) is 15. The first kappa shape index (κ1) is 98.1. The summed E-state index contributed by atoms with van der Waals surface area (Å²) in [7, 11) is 3.24. The fraction of sp³-hybridized carbons (Fsp3) is 0.527. The minimum atomic E-state index is -1.92. The van der Waals surface area contributed by atoms with Crippen LogP contribution in [0.25, 0.3) is 0 Å². The number of hydrogen-bond acceptors (Lipinski definition) is 21. The fourth-order valence-corrected chi connectivity index (χ4v) is 14.7. The Morgan fingerprint density at radius 2 is 1.18 bits per heavy atom. The molecule has 0 saturated carbocycles. The molecular weight excluding hydrogens is 1810 g/mol. The number of aliphatic carboxylic acids is 1. The van der Waals surface area contributed by atoms with E-state index in [1.54, 1.807) is 62.9 Å². The molecule has 628 valence electrons. The van der Waals surface area contributed by atoms with Crippen LogP contribution in [-0.4, -0.2) is 253 Å². The minimum absolute atomic E-state index is 0. The molecule has 2 saturated heterocycles. The van der Waals surface area contributed by atoms with E-state index in [4.69, 9.17) is 0 Å². The van der Waals surface area contributed by atoms with Crippen LogP contribution in [0.4, 0.5) is 0 Å². The van der Waals surface area contributed by atoms with Crippen LogP contribution in [0, 0.1) is 111 Å². The van der Waals surface area contributed by atoms with E-state index in [0.29, 0.717) is 28.9 Å². The molecule has 2 unspecified atom stereocenters. The average molecular weight is 1910 g/mol. The molecule has 40 heteroatoms. The zero-order valence-corrected chi connectivity index (χ0v) is 70.7. The number of fused-ring (bicyclic) bond motifs is 1. The van der Waals surface area contributed by atoms with E-state index in [-0.39, 0.29) is 188 Å². The molecule has 0 aliphatic carbocycles. The summed E-state index contributed by atoms with van der Waals surface area (Å²) in [6.45, 7) is 17.2. The van der Waals surface area contributed by atoms with Crippen molar-refractivity contribution >= 4 is 110 Å². The normalized spacial score (nSPS) is 19.2. The number of aromatic hydroxyl groups is 1. The Hall–Kier alpha value is -8.24. The van der Waals surface area contributed by atoms with E-state index >= 15 is 14.4 Å².